The first-order valence-electron chi connectivity index (χ1n) is 47.1. The van der Waals surface area contributed by atoms with Crippen LogP contribution in [0.25, 0.3) is 5.57 Å². The van der Waals surface area contributed by atoms with Gasteiger partial charge in [0.1, 0.15) is 52.3 Å². The zero-order valence-electron chi connectivity index (χ0n) is 78.1. The second-order valence-electron chi connectivity index (χ2n) is 33.7. The topological polar surface area (TPSA) is 204 Å². The molecule has 3 fully saturated rings. The molecule has 12 N–H and O–H groups in total. The lowest BCUT2D eigenvalue weighted by molar-refractivity contribution is 0.197. The minimum atomic E-state index is -0.258. The fraction of sp³-hybridized carbons (Fsp3) is 0.271. The molecule has 14 aromatic rings. The Kier molecular flexibility index (Phi) is 43.2. The predicted molar refractivity (Wildman–Crippen MR) is 548 cm³/mol. The smallest absolute Gasteiger partial charge is 0.125 e. The van der Waals surface area contributed by atoms with E-state index in [0.717, 1.165) is 126 Å². The summed E-state index contributed by atoms with van der Waals surface area (Å²) in [6, 6.07) is 126. The van der Waals surface area contributed by atoms with Crippen molar-refractivity contribution in [2.45, 2.75) is 100 Å². The Labute approximate surface area is 794 Å². The van der Waals surface area contributed by atoms with E-state index in [1.807, 2.05) is 164 Å². The number of nitrogens with one attached hydrogen (secondary N) is 2. The molecule has 17 rings (SSSR count). The van der Waals surface area contributed by atoms with Gasteiger partial charge in [-0.25, -0.2) is 13.2 Å². The third kappa shape index (κ3) is 32.2. The Hall–Kier alpha value is -12.9. The zero-order chi connectivity index (χ0) is 94.1. The van der Waals surface area contributed by atoms with Crippen LogP contribution in [0.4, 0.5) is 24.5 Å². The number of nitrogens with two attached hydrogens (primary N) is 5. The molecule has 2 saturated heterocycles. The summed E-state index contributed by atoms with van der Waals surface area (Å²) in [6.45, 7) is 7.31. The van der Waals surface area contributed by atoms with Gasteiger partial charge in [0, 0.05) is 67.1 Å². The molecule has 13 nitrogen and oxygen atoms in total. The highest BCUT2D eigenvalue weighted by molar-refractivity contribution is 5.81. The summed E-state index contributed by atoms with van der Waals surface area (Å²) in [6.07, 6.45) is 12.8. The number of rotatable bonds is 29. The fourth-order valence-corrected chi connectivity index (χ4v) is 18.2. The molecule has 14 aromatic carbocycles. The monoisotopic (exact) mass is 1800 g/mol. The first kappa shape index (κ1) is 102. The Morgan fingerprint density at radius 2 is 0.627 bits per heavy atom. The number of halogens is 3. The van der Waals surface area contributed by atoms with E-state index >= 15 is 0 Å². The number of hydrogen-bond donors (Lipinski definition) is 7. The van der Waals surface area contributed by atoms with Gasteiger partial charge in [-0.1, -0.05) is 267 Å². The van der Waals surface area contributed by atoms with Crippen LogP contribution in [0.5, 0.6) is 28.7 Å². The summed E-state index contributed by atoms with van der Waals surface area (Å²) in [5.41, 5.74) is 45.3. The molecule has 0 spiro atoms. The normalized spacial score (nSPS) is 14.2. The number of ether oxygens (including phenoxy) is 5. The van der Waals surface area contributed by atoms with Crippen molar-refractivity contribution < 1.29 is 36.9 Å². The molecule has 2 heterocycles. The molecule has 1 unspecified atom stereocenters. The van der Waals surface area contributed by atoms with Crippen molar-refractivity contribution in [1.82, 2.24) is 10.6 Å². The highest BCUT2D eigenvalue weighted by atomic mass is 19.1. The van der Waals surface area contributed by atoms with Gasteiger partial charge in [0.2, 0.25) is 0 Å². The molecule has 1 aliphatic carbocycles. The molecule has 2 aliphatic heterocycles. The summed E-state index contributed by atoms with van der Waals surface area (Å²) in [4.78, 5) is 2.22. The Morgan fingerprint density at radius 1 is 0.321 bits per heavy atom. The van der Waals surface area contributed by atoms with Gasteiger partial charge in [-0.2, -0.15) is 0 Å². The number of anilines is 2. The molecule has 0 amide bonds. The van der Waals surface area contributed by atoms with E-state index in [4.69, 9.17) is 52.4 Å². The Bertz CT molecular complexity index is 5360. The lowest BCUT2D eigenvalue weighted by Gasteiger charge is -2.33. The molecule has 0 aromatic heterocycles. The SMILES string of the molecule is COc1cccc(C(=CCN)c2cccc(OC)c2)c1.COc1cccc(C(CCN)c2cccc(OC)c2)c1.Fc1cccc(C(c2cccc(F)c2)C2CCNCC2)c1.NC1CCC(C(c2ccccc2)c2ccccc2)CC1.NCCC(Oc1ccccc1)c1cccc(F)c1.NCCN(c1ccccc1)c1ccccc1.c1ccc(C(c2ccccc2)C2CCNCC2)cc1. The highest BCUT2D eigenvalue weighted by Crippen LogP contribution is 2.43. The van der Waals surface area contributed by atoms with Crippen molar-refractivity contribution in [3.63, 3.8) is 0 Å². The van der Waals surface area contributed by atoms with Gasteiger partial charge >= 0.3 is 0 Å². The highest BCUT2D eigenvalue weighted by Gasteiger charge is 2.31. The molecule has 1 saturated carbocycles. The molecule has 698 valence electrons. The fourth-order valence-electron chi connectivity index (χ4n) is 18.2. The van der Waals surface area contributed by atoms with Gasteiger partial charge in [-0.3, -0.25) is 0 Å². The van der Waals surface area contributed by atoms with Crippen LogP contribution in [0.2, 0.25) is 0 Å². The van der Waals surface area contributed by atoms with E-state index in [1.54, 1.807) is 58.8 Å². The Morgan fingerprint density at radius 3 is 0.985 bits per heavy atom. The number of para-hydroxylation sites is 3. The second kappa shape index (κ2) is 56.9. The molecular weight excluding hydrogens is 1670 g/mol. The first-order valence-corrected chi connectivity index (χ1v) is 47.1. The number of piperidine rings is 2. The van der Waals surface area contributed by atoms with Crippen LogP contribution in [0.1, 0.15) is 155 Å². The average Bonchev–Trinajstić information content (AvgIpc) is 0.812. The van der Waals surface area contributed by atoms with E-state index in [0.29, 0.717) is 56.4 Å². The second-order valence-corrected chi connectivity index (χ2v) is 33.7. The van der Waals surface area contributed by atoms with Crippen molar-refractivity contribution in [2.75, 3.05) is 92.2 Å². The minimum Gasteiger partial charge on any atom is -0.497 e. The summed E-state index contributed by atoms with van der Waals surface area (Å²) >= 11 is 0. The van der Waals surface area contributed by atoms with Crippen LogP contribution in [0.3, 0.4) is 0 Å². The van der Waals surface area contributed by atoms with Gasteiger partial charge in [0.15, 0.2) is 0 Å². The molecule has 0 radical (unpaired) electrons. The van der Waals surface area contributed by atoms with E-state index < -0.39 is 0 Å². The van der Waals surface area contributed by atoms with Crippen molar-refractivity contribution in [3.8, 4) is 28.7 Å². The van der Waals surface area contributed by atoms with Gasteiger partial charge in [0.25, 0.3) is 0 Å². The number of benzene rings is 14. The van der Waals surface area contributed by atoms with E-state index in [2.05, 4.69) is 185 Å². The van der Waals surface area contributed by atoms with E-state index in [9.17, 15) is 13.2 Å². The summed E-state index contributed by atoms with van der Waals surface area (Å²) in [5.74, 6) is 6.69. The summed E-state index contributed by atoms with van der Waals surface area (Å²) < 4.78 is 67.5. The number of nitrogens with zero attached hydrogens (tertiary/aromatic N) is 1. The van der Waals surface area contributed by atoms with Gasteiger partial charge in [-0.05, 0) is 303 Å². The van der Waals surface area contributed by atoms with Crippen LogP contribution in [-0.2, 0) is 0 Å². The van der Waals surface area contributed by atoms with Crippen molar-refractivity contribution in [3.05, 3.63) is 467 Å². The molecule has 134 heavy (non-hydrogen) atoms. The van der Waals surface area contributed by atoms with Crippen LogP contribution in [-0.4, -0.2) is 93.4 Å². The van der Waals surface area contributed by atoms with Crippen LogP contribution in [0, 0.1) is 35.2 Å². The largest absolute Gasteiger partial charge is 0.497 e. The molecule has 3 aliphatic rings. The lowest BCUT2D eigenvalue weighted by Crippen LogP contribution is -2.31. The summed E-state index contributed by atoms with van der Waals surface area (Å²) in [7, 11) is 6.69. The number of methoxy groups -OCH3 is 4. The summed E-state index contributed by atoms with van der Waals surface area (Å²) in [5, 5.41) is 6.82. The van der Waals surface area contributed by atoms with Gasteiger partial charge in [-0.15, -0.1) is 0 Å². The molecule has 0 bridgehead atoms. The molecule has 1 atom stereocenters. The lowest BCUT2D eigenvalue weighted by atomic mass is 9.73. The Balaban J connectivity index is 0.000000151. The maximum absolute atomic E-state index is 13.6. The minimum absolute atomic E-state index is 0.0542. The first-order chi connectivity index (χ1) is 65.8. The standard InChI is InChI=1S/C19H23N.C18H19F2N.C18H21N.C17H21NO2.C17H19NO2.C15H16FNO.C14H16N2/c20-18-13-11-17(12-14-18)19(15-7-3-1-4-8-15)16-9-5-2-6-10-16;19-16-5-1-3-14(11-16)18(13-7-9-21-10-8-13)15-4-2-6-17(20)12-15;1-3-7-15(8-4-1)18(16-9-5-2-6-10-16)17-11-13-19-14-12-17;2*1-19-15-7-3-5-13(11-15)17(9-10-18)14-6-4-8-16(12-14)20-2;16-13-6-4-5-12(11-13)15(9-10-17)18-14-7-2-1-3-8-14;15-11-12-16(13-7-3-1-4-8-13)14-9-5-2-6-10-14/h1-10,17-19H,11-14,20H2;1-6,11-13,18,21H,7-10H2;1-10,17-19H,11-14H2;3-8,11-12,17H,9-10,18H2,1-2H3;3-9,11-12H,10,18H2,1-2H3;1-8,11,15H,9-10,17H2;1-10H,11-12,15H2. The number of hydrogen-bond acceptors (Lipinski definition) is 13. The third-order valence-corrected chi connectivity index (χ3v) is 24.7. The third-order valence-electron chi connectivity index (χ3n) is 24.7. The van der Waals surface area contributed by atoms with Crippen molar-refractivity contribution in [2.24, 2.45) is 46.4 Å². The van der Waals surface area contributed by atoms with Crippen molar-refractivity contribution in [1.29, 1.82) is 0 Å². The van der Waals surface area contributed by atoms with Crippen LogP contribution >= 0.6 is 0 Å². The quantitative estimate of drug-likeness (QED) is 0.0234. The van der Waals surface area contributed by atoms with Crippen LogP contribution < -0.4 is 67.9 Å². The van der Waals surface area contributed by atoms with Gasteiger partial charge in [0.05, 0.1) is 28.4 Å². The van der Waals surface area contributed by atoms with E-state index in [1.165, 1.54) is 108 Å². The zero-order valence-corrected chi connectivity index (χ0v) is 78.1. The maximum Gasteiger partial charge on any atom is 0.125 e. The average molecular weight is 1800 g/mol. The molecular formula is C118H135F3N8O5. The van der Waals surface area contributed by atoms with Gasteiger partial charge < -0.3 is 67.9 Å². The van der Waals surface area contributed by atoms with Crippen LogP contribution in [0.15, 0.2) is 388 Å². The van der Waals surface area contributed by atoms with Crippen molar-refractivity contribution >= 4 is 16.9 Å². The predicted octanol–water partition coefficient (Wildman–Crippen LogP) is 24.6. The van der Waals surface area contributed by atoms with E-state index in [-0.39, 0.29) is 35.4 Å². The maximum atomic E-state index is 13.6. The molecule has 16 heteroatoms.